The zero-order valence-electron chi connectivity index (χ0n) is 12.4. The molecule has 1 atom stereocenters. The number of hydrogen-bond donors (Lipinski definition) is 1. The Kier molecular flexibility index (Phi) is 6.10. The molecular weight excluding hydrogens is 276 g/mol. The Morgan fingerprint density at radius 2 is 2.19 bits per heavy atom. The van der Waals surface area contributed by atoms with Crippen LogP contribution in [0.15, 0.2) is 18.2 Å². The lowest BCUT2D eigenvalue weighted by Crippen LogP contribution is -2.31. The summed E-state index contributed by atoms with van der Waals surface area (Å²) in [4.78, 5) is 23.3. The molecule has 0 aromatic heterocycles. The number of carboxylic acids is 1. The van der Waals surface area contributed by atoms with E-state index >= 15 is 0 Å². The normalized spacial score (nSPS) is 12.2. The molecule has 0 saturated heterocycles. The number of aliphatic carboxylic acids is 1. The summed E-state index contributed by atoms with van der Waals surface area (Å²) in [6.07, 6.45) is 0. The fraction of sp³-hybridized carbons (Fsp3) is 0.500. The first-order valence-corrected chi connectivity index (χ1v) is 6.65. The van der Waals surface area contributed by atoms with Crippen LogP contribution in [-0.2, 0) is 11.3 Å². The lowest BCUT2D eigenvalue weighted by molar-refractivity contribution is -0.385. The number of nitro benzene ring substituents is 1. The quantitative estimate of drug-likeness (QED) is 0.583. The summed E-state index contributed by atoms with van der Waals surface area (Å²) in [5.74, 6) is -1.13. The zero-order valence-corrected chi connectivity index (χ0v) is 12.4. The van der Waals surface area contributed by atoms with Gasteiger partial charge in [-0.2, -0.15) is 0 Å². The third-order valence-electron chi connectivity index (χ3n) is 3.25. The van der Waals surface area contributed by atoms with Crippen LogP contribution in [0, 0.1) is 16.0 Å². The first-order chi connectivity index (χ1) is 9.88. The molecule has 0 spiro atoms. The highest BCUT2D eigenvalue weighted by Crippen LogP contribution is 2.28. The van der Waals surface area contributed by atoms with Crippen molar-refractivity contribution in [1.29, 1.82) is 0 Å². The first kappa shape index (κ1) is 16.9. The van der Waals surface area contributed by atoms with E-state index in [1.54, 1.807) is 19.1 Å². The molecule has 7 heteroatoms. The van der Waals surface area contributed by atoms with E-state index in [4.69, 9.17) is 9.84 Å². The van der Waals surface area contributed by atoms with E-state index < -0.39 is 16.8 Å². The second-order valence-corrected chi connectivity index (χ2v) is 4.83. The molecule has 1 unspecified atom stereocenters. The second-order valence-electron chi connectivity index (χ2n) is 4.83. The molecule has 0 bridgehead atoms. The lowest BCUT2D eigenvalue weighted by Gasteiger charge is -2.22. The van der Waals surface area contributed by atoms with E-state index in [9.17, 15) is 14.9 Å². The highest BCUT2D eigenvalue weighted by Gasteiger charge is 2.18. The van der Waals surface area contributed by atoms with Crippen molar-refractivity contribution in [3.63, 3.8) is 0 Å². The number of rotatable bonds is 8. The maximum atomic E-state index is 11.0. The lowest BCUT2D eigenvalue weighted by atomic mass is 10.1. The highest BCUT2D eigenvalue weighted by molar-refractivity contribution is 5.69. The number of nitro groups is 1. The van der Waals surface area contributed by atoms with Gasteiger partial charge in [-0.25, -0.2) is 0 Å². The molecule has 0 radical (unpaired) electrons. The van der Waals surface area contributed by atoms with Gasteiger partial charge in [-0.3, -0.25) is 19.8 Å². The number of methoxy groups -OCH3 is 1. The summed E-state index contributed by atoms with van der Waals surface area (Å²) in [5.41, 5.74) is 0.666. The van der Waals surface area contributed by atoms with Gasteiger partial charge in [-0.15, -0.1) is 0 Å². The Bertz CT molecular complexity index is 518. The predicted octanol–water partition coefficient (Wildman–Crippen LogP) is 2.15. The Morgan fingerprint density at radius 3 is 2.67 bits per heavy atom. The predicted molar refractivity (Wildman–Crippen MR) is 77.4 cm³/mol. The largest absolute Gasteiger partial charge is 0.490 e. The monoisotopic (exact) mass is 296 g/mol. The molecule has 7 nitrogen and oxygen atoms in total. The molecule has 0 aliphatic rings. The average Bonchev–Trinajstić information content (AvgIpc) is 2.45. The van der Waals surface area contributed by atoms with Gasteiger partial charge >= 0.3 is 11.7 Å². The van der Waals surface area contributed by atoms with Gasteiger partial charge in [0.05, 0.1) is 18.0 Å². The van der Waals surface area contributed by atoms with E-state index in [1.807, 2.05) is 11.8 Å². The molecule has 1 N–H and O–H groups in total. The van der Waals surface area contributed by atoms with Crippen molar-refractivity contribution in [2.24, 2.45) is 5.92 Å². The first-order valence-electron chi connectivity index (χ1n) is 6.65. The van der Waals surface area contributed by atoms with Crippen LogP contribution in [0.3, 0.4) is 0 Å². The van der Waals surface area contributed by atoms with E-state index in [1.165, 1.54) is 13.2 Å². The molecule has 0 saturated carbocycles. The van der Waals surface area contributed by atoms with Gasteiger partial charge in [-0.05, 0) is 18.2 Å². The average molecular weight is 296 g/mol. The number of carboxylic acid groups (broad SMARTS) is 1. The van der Waals surface area contributed by atoms with E-state index in [0.29, 0.717) is 19.6 Å². The Morgan fingerprint density at radius 1 is 1.52 bits per heavy atom. The maximum absolute atomic E-state index is 11.0. The van der Waals surface area contributed by atoms with Crippen LogP contribution < -0.4 is 4.74 Å². The molecule has 0 aliphatic heterocycles. The molecular formula is C14H20N2O5. The summed E-state index contributed by atoms with van der Waals surface area (Å²) in [6.45, 7) is 5.08. The van der Waals surface area contributed by atoms with Gasteiger partial charge in [0.1, 0.15) is 0 Å². The Balaban J connectivity index is 2.88. The van der Waals surface area contributed by atoms with Gasteiger partial charge in [0.2, 0.25) is 0 Å². The third kappa shape index (κ3) is 4.71. The SMILES string of the molecule is CCN(Cc1ccc(OC)c([N+](=O)[O-])c1)CC(C)C(=O)O. The molecule has 1 aromatic rings. The summed E-state index contributed by atoms with van der Waals surface area (Å²) >= 11 is 0. The standard InChI is InChI=1S/C14H20N2O5/c1-4-15(8-10(2)14(17)18)9-11-5-6-13(21-3)12(7-11)16(19)20/h5-7,10H,4,8-9H2,1-3H3,(H,17,18). The van der Waals surface area contributed by atoms with E-state index in [2.05, 4.69) is 0 Å². The molecule has 1 aromatic carbocycles. The van der Waals surface area contributed by atoms with Gasteiger partial charge in [0.25, 0.3) is 0 Å². The van der Waals surface area contributed by atoms with Gasteiger partial charge in [-0.1, -0.05) is 19.9 Å². The number of benzene rings is 1. The van der Waals surface area contributed by atoms with Crippen LogP contribution in [0.2, 0.25) is 0 Å². The summed E-state index contributed by atoms with van der Waals surface area (Å²) in [6, 6.07) is 4.77. The maximum Gasteiger partial charge on any atom is 0.311 e. The minimum atomic E-state index is -0.853. The molecule has 1 rings (SSSR count). The van der Waals surface area contributed by atoms with Crippen LogP contribution in [-0.4, -0.2) is 41.1 Å². The Labute approximate surface area is 123 Å². The van der Waals surface area contributed by atoms with Crippen molar-refractivity contribution in [3.05, 3.63) is 33.9 Å². The van der Waals surface area contributed by atoms with Crippen LogP contribution in [0.1, 0.15) is 19.4 Å². The van der Waals surface area contributed by atoms with Crippen LogP contribution in [0.25, 0.3) is 0 Å². The second kappa shape index (κ2) is 7.58. The van der Waals surface area contributed by atoms with Crippen molar-refractivity contribution in [1.82, 2.24) is 4.90 Å². The van der Waals surface area contributed by atoms with Crippen LogP contribution in [0.4, 0.5) is 5.69 Å². The van der Waals surface area contributed by atoms with Crippen molar-refractivity contribution in [2.75, 3.05) is 20.2 Å². The minimum absolute atomic E-state index is 0.0858. The van der Waals surface area contributed by atoms with Crippen molar-refractivity contribution in [2.45, 2.75) is 20.4 Å². The summed E-state index contributed by atoms with van der Waals surface area (Å²) < 4.78 is 4.96. The topological polar surface area (TPSA) is 92.9 Å². The minimum Gasteiger partial charge on any atom is -0.490 e. The fourth-order valence-electron chi connectivity index (χ4n) is 2.01. The van der Waals surface area contributed by atoms with Crippen molar-refractivity contribution in [3.8, 4) is 5.75 Å². The summed E-state index contributed by atoms with van der Waals surface area (Å²) in [5, 5.41) is 19.9. The Hall–Kier alpha value is -2.15. The molecule has 0 fully saturated rings. The number of carbonyl (C=O) groups is 1. The third-order valence-corrected chi connectivity index (χ3v) is 3.25. The zero-order chi connectivity index (χ0) is 16.0. The number of nitrogens with zero attached hydrogens (tertiary/aromatic N) is 2. The summed E-state index contributed by atoms with van der Waals surface area (Å²) in [7, 11) is 1.38. The van der Waals surface area contributed by atoms with Crippen LogP contribution in [0.5, 0.6) is 5.75 Å². The number of hydrogen-bond acceptors (Lipinski definition) is 5. The smallest absolute Gasteiger partial charge is 0.311 e. The van der Waals surface area contributed by atoms with Crippen LogP contribution >= 0.6 is 0 Å². The van der Waals surface area contributed by atoms with Crippen molar-refractivity contribution < 1.29 is 19.6 Å². The molecule has 21 heavy (non-hydrogen) atoms. The van der Waals surface area contributed by atoms with E-state index in [0.717, 1.165) is 5.56 Å². The van der Waals surface area contributed by atoms with E-state index in [-0.39, 0.29) is 11.4 Å². The highest BCUT2D eigenvalue weighted by atomic mass is 16.6. The fourth-order valence-corrected chi connectivity index (χ4v) is 2.01. The van der Waals surface area contributed by atoms with Crippen molar-refractivity contribution >= 4 is 11.7 Å². The van der Waals surface area contributed by atoms with Gasteiger partial charge < -0.3 is 9.84 Å². The van der Waals surface area contributed by atoms with Gasteiger partial charge in [0.15, 0.2) is 5.75 Å². The molecule has 0 aliphatic carbocycles. The number of ether oxygens (including phenoxy) is 1. The van der Waals surface area contributed by atoms with Gasteiger partial charge in [0, 0.05) is 19.2 Å². The molecule has 0 heterocycles. The molecule has 116 valence electrons. The molecule has 0 amide bonds.